The summed E-state index contributed by atoms with van der Waals surface area (Å²) in [5.41, 5.74) is 0. The lowest BCUT2D eigenvalue weighted by molar-refractivity contribution is -0.116. The molecule has 0 aromatic carbocycles. The third kappa shape index (κ3) is 2.91. The number of ether oxygens (including phenoxy) is 2. The molecule has 88 valence electrons. The SMILES string of the molecule is COC(CN1CCC2CCC(C1)N2)OC. The molecule has 0 radical (unpaired) electrons. The molecule has 2 aliphatic heterocycles. The van der Waals surface area contributed by atoms with Crippen molar-refractivity contribution in [2.45, 2.75) is 37.6 Å². The van der Waals surface area contributed by atoms with Gasteiger partial charge in [-0.05, 0) is 25.8 Å². The maximum Gasteiger partial charge on any atom is 0.169 e. The fourth-order valence-corrected chi connectivity index (χ4v) is 2.64. The molecule has 0 aromatic heterocycles. The van der Waals surface area contributed by atoms with Crippen molar-refractivity contribution in [1.82, 2.24) is 10.2 Å². The summed E-state index contributed by atoms with van der Waals surface area (Å²) in [6.07, 6.45) is 3.86. The zero-order chi connectivity index (χ0) is 10.7. The number of fused-ring (bicyclic) bond motifs is 2. The lowest BCUT2D eigenvalue weighted by Gasteiger charge is -2.27. The van der Waals surface area contributed by atoms with Crippen LogP contribution in [0, 0.1) is 0 Å². The van der Waals surface area contributed by atoms with Crippen LogP contribution in [0.15, 0.2) is 0 Å². The van der Waals surface area contributed by atoms with E-state index in [1.807, 2.05) is 0 Å². The molecule has 0 spiro atoms. The van der Waals surface area contributed by atoms with Crippen molar-refractivity contribution in [1.29, 1.82) is 0 Å². The number of rotatable bonds is 4. The average Bonchev–Trinajstić information content (AvgIpc) is 2.58. The minimum absolute atomic E-state index is 0.0818. The van der Waals surface area contributed by atoms with Gasteiger partial charge in [0.05, 0.1) is 0 Å². The molecule has 0 saturated carbocycles. The summed E-state index contributed by atoms with van der Waals surface area (Å²) in [7, 11) is 3.41. The van der Waals surface area contributed by atoms with E-state index in [0.29, 0.717) is 6.04 Å². The largest absolute Gasteiger partial charge is 0.355 e. The molecule has 4 nitrogen and oxygen atoms in total. The number of methoxy groups -OCH3 is 2. The number of hydrogen-bond donors (Lipinski definition) is 1. The van der Waals surface area contributed by atoms with E-state index in [1.165, 1.54) is 19.3 Å². The van der Waals surface area contributed by atoms with Crippen molar-refractivity contribution < 1.29 is 9.47 Å². The second kappa shape index (κ2) is 5.25. The number of nitrogens with zero attached hydrogens (tertiary/aromatic N) is 1. The molecule has 4 heteroatoms. The van der Waals surface area contributed by atoms with Gasteiger partial charge in [-0.2, -0.15) is 0 Å². The van der Waals surface area contributed by atoms with E-state index in [9.17, 15) is 0 Å². The third-order valence-corrected chi connectivity index (χ3v) is 3.54. The highest BCUT2D eigenvalue weighted by atomic mass is 16.7. The van der Waals surface area contributed by atoms with Crippen LogP contribution >= 0.6 is 0 Å². The molecule has 0 aliphatic carbocycles. The molecule has 2 rings (SSSR count). The van der Waals surface area contributed by atoms with Crippen LogP contribution < -0.4 is 5.32 Å². The van der Waals surface area contributed by atoms with Crippen LogP contribution in [0.4, 0.5) is 0 Å². The summed E-state index contributed by atoms with van der Waals surface area (Å²) in [6.45, 7) is 3.19. The van der Waals surface area contributed by atoms with Crippen molar-refractivity contribution in [3.63, 3.8) is 0 Å². The van der Waals surface area contributed by atoms with E-state index in [2.05, 4.69) is 10.2 Å². The van der Waals surface area contributed by atoms with Crippen LogP contribution in [-0.2, 0) is 9.47 Å². The standard InChI is InChI=1S/C11H22N2O2/c1-14-11(15-2)8-13-6-5-9-3-4-10(7-13)12-9/h9-12H,3-8H2,1-2H3. The van der Waals surface area contributed by atoms with Crippen molar-refractivity contribution in [2.75, 3.05) is 33.9 Å². The highest BCUT2D eigenvalue weighted by molar-refractivity contribution is 4.89. The van der Waals surface area contributed by atoms with Gasteiger partial charge in [0.2, 0.25) is 0 Å². The Labute approximate surface area is 91.9 Å². The molecule has 2 saturated heterocycles. The summed E-state index contributed by atoms with van der Waals surface area (Å²) in [4.78, 5) is 2.45. The average molecular weight is 214 g/mol. The number of nitrogens with one attached hydrogen (secondary N) is 1. The van der Waals surface area contributed by atoms with E-state index in [-0.39, 0.29) is 6.29 Å². The van der Waals surface area contributed by atoms with E-state index in [1.54, 1.807) is 14.2 Å². The first-order valence-corrected chi connectivity index (χ1v) is 5.86. The van der Waals surface area contributed by atoms with Crippen LogP contribution in [0.2, 0.25) is 0 Å². The quantitative estimate of drug-likeness (QED) is 0.688. The van der Waals surface area contributed by atoms with E-state index < -0.39 is 0 Å². The van der Waals surface area contributed by atoms with Gasteiger partial charge in [-0.25, -0.2) is 0 Å². The molecule has 2 bridgehead atoms. The van der Waals surface area contributed by atoms with Gasteiger partial charge >= 0.3 is 0 Å². The molecule has 0 amide bonds. The summed E-state index contributed by atoms with van der Waals surface area (Å²) in [5.74, 6) is 0. The molecule has 2 atom stereocenters. The molecular weight excluding hydrogens is 192 g/mol. The van der Waals surface area contributed by atoms with Crippen LogP contribution in [0.5, 0.6) is 0 Å². The van der Waals surface area contributed by atoms with Crippen molar-refractivity contribution in [2.24, 2.45) is 0 Å². The smallest absolute Gasteiger partial charge is 0.169 e. The topological polar surface area (TPSA) is 33.7 Å². The highest BCUT2D eigenvalue weighted by Crippen LogP contribution is 2.20. The van der Waals surface area contributed by atoms with Gasteiger partial charge in [0.15, 0.2) is 6.29 Å². The summed E-state index contributed by atoms with van der Waals surface area (Å²) in [5, 5.41) is 3.67. The Morgan fingerprint density at radius 2 is 1.93 bits per heavy atom. The first-order chi connectivity index (χ1) is 7.31. The minimum atomic E-state index is -0.0818. The first-order valence-electron chi connectivity index (χ1n) is 5.86. The van der Waals surface area contributed by atoms with Crippen molar-refractivity contribution in [3.8, 4) is 0 Å². The van der Waals surface area contributed by atoms with Gasteiger partial charge in [0.25, 0.3) is 0 Å². The molecule has 15 heavy (non-hydrogen) atoms. The van der Waals surface area contributed by atoms with Crippen molar-refractivity contribution >= 4 is 0 Å². The monoisotopic (exact) mass is 214 g/mol. The van der Waals surface area contributed by atoms with Gasteiger partial charge in [0.1, 0.15) is 0 Å². The van der Waals surface area contributed by atoms with E-state index in [0.717, 1.165) is 25.7 Å². The molecule has 2 aliphatic rings. The Morgan fingerprint density at radius 3 is 2.67 bits per heavy atom. The Kier molecular flexibility index (Phi) is 3.97. The van der Waals surface area contributed by atoms with Gasteiger partial charge in [-0.3, -0.25) is 4.90 Å². The lowest BCUT2D eigenvalue weighted by atomic mass is 10.1. The number of likely N-dealkylation sites (tertiary alicyclic amines) is 1. The van der Waals surface area contributed by atoms with Crippen LogP contribution in [0.25, 0.3) is 0 Å². The first kappa shape index (κ1) is 11.3. The molecule has 2 fully saturated rings. The predicted molar refractivity (Wildman–Crippen MR) is 58.8 cm³/mol. The Morgan fingerprint density at radius 1 is 1.20 bits per heavy atom. The minimum Gasteiger partial charge on any atom is -0.355 e. The Bertz CT molecular complexity index is 197. The fourth-order valence-electron chi connectivity index (χ4n) is 2.64. The molecule has 0 aromatic rings. The Hall–Kier alpha value is -0.160. The highest BCUT2D eigenvalue weighted by Gasteiger charge is 2.29. The third-order valence-electron chi connectivity index (χ3n) is 3.54. The second-order valence-electron chi connectivity index (χ2n) is 4.59. The van der Waals surface area contributed by atoms with Gasteiger partial charge in [-0.15, -0.1) is 0 Å². The molecule has 2 unspecified atom stereocenters. The van der Waals surface area contributed by atoms with Crippen LogP contribution in [0.1, 0.15) is 19.3 Å². The van der Waals surface area contributed by atoms with Crippen LogP contribution in [-0.4, -0.2) is 57.1 Å². The second-order valence-corrected chi connectivity index (χ2v) is 4.59. The Balaban J connectivity index is 1.82. The molecular formula is C11H22N2O2. The lowest BCUT2D eigenvalue weighted by Crippen LogP contribution is -2.40. The molecule has 2 heterocycles. The van der Waals surface area contributed by atoms with Crippen molar-refractivity contribution in [3.05, 3.63) is 0 Å². The maximum absolute atomic E-state index is 5.24. The predicted octanol–water partition coefficient (Wildman–Crippen LogP) is 0.432. The van der Waals surface area contributed by atoms with Gasteiger partial charge in [-0.1, -0.05) is 0 Å². The normalized spacial score (nSPS) is 32.2. The zero-order valence-corrected chi connectivity index (χ0v) is 9.74. The number of hydrogen-bond acceptors (Lipinski definition) is 4. The fraction of sp³-hybridized carbons (Fsp3) is 1.00. The zero-order valence-electron chi connectivity index (χ0n) is 9.74. The molecule has 1 N–H and O–H groups in total. The summed E-state index contributed by atoms with van der Waals surface area (Å²) in [6, 6.07) is 1.44. The van der Waals surface area contributed by atoms with Crippen LogP contribution in [0.3, 0.4) is 0 Å². The maximum atomic E-state index is 5.24. The van der Waals surface area contributed by atoms with E-state index in [4.69, 9.17) is 9.47 Å². The summed E-state index contributed by atoms with van der Waals surface area (Å²) < 4.78 is 10.5. The summed E-state index contributed by atoms with van der Waals surface area (Å²) >= 11 is 0. The van der Waals surface area contributed by atoms with Gasteiger partial charge < -0.3 is 14.8 Å². The van der Waals surface area contributed by atoms with Gasteiger partial charge in [0, 0.05) is 39.4 Å². The van der Waals surface area contributed by atoms with E-state index >= 15 is 0 Å².